The van der Waals surface area contributed by atoms with E-state index in [2.05, 4.69) is 0 Å². The standard InChI is InChI=1S/C14H15Cl4NO4/c1-5(2)19-10(20)6-7(11(19)21)13(18)9(16)8(15)12(6,17)14(13,22-3)23-4/h5-7H,1-4H3/t6-,7-,12+,13+/m1/s1. The van der Waals surface area contributed by atoms with E-state index in [1.54, 1.807) is 13.8 Å². The number of nitrogens with zero attached hydrogens (tertiary/aromatic N) is 1. The number of hydrogen-bond donors (Lipinski definition) is 0. The Kier molecular flexibility index (Phi) is 3.86. The van der Waals surface area contributed by atoms with Crippen LogP contribution in [0.3, 0.4) is 0 Å². The number of amides is 2. The van der Waals surface area contributed by atoms with Gasteiger partial charge < -0.3 is 9.47 Å². The van der Waals surface area contributed by atoms with Gasteiger partial charge in [-0.25, -0.2) is 0 Å². The number of carbonyl (C=O) groups excluding carboxylic acids is 2. The van der Waals surface area contributed by atoms with Crippen molar-refractivity contribution < 1.29 is 19.1 Å². The van der Waals surface area contributed by atoms with Crippen LogP contribution in [0.5, 0.6) is 0 Å². The number of likely N-dealkylation sites (tertiary alicyclic amines) is 1. The summed E-state index contributed by atoms with van der Waals surface area (Å²) in [5, 5.41) is -0.0416. The second kappa shape index (κ2) is 4.99. The molecule has 2 amide bonds. The highest BCUT2D eigenvalue weighted by Crippen LogP contribution is 2.75. The van der Waals surface area contributed by atoms with Crippen molar-refractivity contribution in [3.05, 3.63) is 10.1 Å². The lowest BCUT2D eigenvalue weighted by molar-refractivity contribution is -0.222. The summed E-state index contributed by atoms with van der Waals surface area (Å²) < 4.78 is 11.0. The summed E-state index contributed by atoms with van der Waals surface area (Å²) >= 11 is 26.2. The highest BCUT2D eigenvalue weighted by atomic mass is 35.5. The zero-order valence-electron chi connectivity index (χ0n) is 12.8. The Morgan fingerprint density at radius 2 is 1.30 bits per heavy atom. The van der Waals surface area contributed by atoms with Crippen molar-refractivity contribution in [2.24, 2.45) is 11.8 Å². The number of imide groups is 1. The summed E-state index contributed by atoms with van der Waals surface area (Å²) in [6, 6.07) is -0.336. The van der Waals surface area contributed by atoms with Gasteiger partial charge in [-0.3, -0.25) is 14.5 Å². The Balaban J connectivity index is 2.31. The monoisotopic (exact) mass is 401 g/mol. The Bertz CT molecular complexity index is 601. The minimum atomic E-state index is -1.72. The van der Waals surface area contributed by atoms with Gasteiger partial charge in [-0.2, -0.15) is 0 Å². The third-order valence-corrected chi connectivity index (χ3v) is 7.69. The van der Waals surface area contributed by atoms with Crippen molar-refractivity contribution in [1.29, 1.82) is 0 Å². The molecule has 2 fully saturated rings. The van der Waals surface area contributed by atoms with Gasteiger partial charge in [-0.05, 0) is 13.8 Å². The molecule has 2 aliphatic carbocycles. The van der Waals surface area contributed by atoms with E-state index in [0.717, 1.165) is 4.90 Å². The average Bonchev–Trinajstić information content (AvgIpc) is 2.91. The number of carbonyl (C=O) groups is 2. The molecule has 1 aliphatic heterocycles. The lowest BCUT2D eigenvalue weighted by atomic mass is 9.84. The Morgan fingerprint density at radius 1 is 0.957 bits per heavy atom. The zero-order valence-corrected chi connectivity index (χ0v) is 15.8. The fourth-order valence-corrected chi connectivity index (χ4v) is 6.40. The van der Waals surface area contributed by atoms with E-state index in [9.17, 15) is 9.59 Å². The predicted octanol–water partition coefficient (Wildman–Crippen LogP) is 2.66. The third-order valence-electron chi connectivity index (χ3n) is 5.08. The van der Waals surface area contributed by atoms with E-state index < -0.39 is 39.2 Å². The van der Waals surface area contributed by atoms with Crippen molar-refractivity contribution in [3.8, 4) is 0 Å². The van der Waals surface area contributed by atoms with E-state index in [1.807, 2.05) is 0 Å². The van der Waals surface area contributed by atoms with E-state index >= 15 is 0 Å². The first-order valence-corrected chi connectivity index (χ1v) is 8.50. The number of alkyl halides is 2. The lowest BCUT2D eigenvalue weighted by Crippen LogP contribution is -2.60. The van der Waals surface area contributed by atoms with Crippen LogP contribution in [0.25, 0.3) is 0 Å². The molecule has 0 N–H and O–H groups in total. The first-order chi connectivity index (χ1) is 10.6. The van der Waals surface area contributed by atoms with Gasteiger partial charge in [0.1, 0.15) is 9.75 Å². The third kappa shape index (κ3) is 1.52. The molecule has 9 heteroatoms. The van der Waals surface area contributed by atoms with Crippen molar-refractivity contribution >= 4 is 58.2 Å². The fourth-order valence-electron chi connectivity index (χ4n) is 4.24. The molecule has 5 nitrogen and oxygen atoms in total. The normalized spacial score (nSPS) is 41.5. The van der Waals surface area contributed by atoms with Crippen LogP contribution in [0.15, 0.2) is 10.1 Å². The maximum atomic E-state index is 12.9. The van der Waals surface area contributed by atoms with Gasteiger partial charge >= 0.3 is 0 Å². The molecular formula is C14H15Cl4NO4. The maximum Gasteiger partial charge on any atom is 0.235 e. The van der Waals surface area contributed by atoms with Crippen LogP contribution in [-0.4, -0.2) is 52.5 Å². The van der Waals surface area contributed by atoms with Crippen LogP contribution in [0.1, 0.15) is 13.8 Å². The van der Waals surface area contributed by atoms with Gasteiger partial charge in [-0.15, -0.1) is 23.2 Å². The number of methoxy groups -OCH3 is 2. The first kappa shape index (κ1) is 17.8. The molecule has 1 saturated heterocycles. The van der Waals surface area contributed by atoms with Gasteiger partial charge in [-0.1, -0.05) is 23.2 Å². The largest absolute Gasteiger partial charge is 0.350 e. The Labute approximate surface area is 153 Å². The van der Waals surface area contributed by atoms with E-state index in [-0.39, 0.29) is 16.1 Å². The quantitative estimate of drug-likeness (QED) is 0.413. The molecule has 0 radical (unpaired) electrons. The number of fused-ring (bicyclic) bond motifs is 5. The maximum absolute atomic E-state index is 12.9. The molecule has 0 unspecified atom stereocenters. The average molecular weight is 403 g/mol. The van der Waals surface area contributed by atoms with Gasteiger partial charge in [0.15, 0.2) is 0 Å². The summed E-state index contributed by atoms with van der Waals surface area (Å²) in [6.45, 7) is 3.47. The highest BCUT2D eigenvalue weighted by molar-refractivity contribution is 6.53. The van der Waals surface area contributed by atoms with Crippen LogP contribution in [0.2, 0.25) is 0 Å². The van der Waals surface area contributed by atoms with Crippen LogP contribution in [0.4, 0.5) is 0 Å². The molecular weight excluding hydrogens is 388 g/mol. The molecule has 0 spiro atoms. The minimum Gasteiger partial charge on any atom is -0.350 e. The molecule has 1 saturated carbocycles. The van der Waals surface area contributed by atoms with Gasteiger partial charge in [0.2, 0.25) is 17.6 Å². The zero-order chi connectivity index (χ0) is 17.5. The van der Waals surface area contributed by atoms with Gasteiger partial charge in [0.05, 0.1) is 21.9 Å². The highest BCUT2D eigenvalue weighted by Gasteiger charge is 2.89. The second-order valence-electron chi connectivity index (χ2n) is 6.17. The summed E-state index contributed by atoms with van der Waals surface area (Å²) in [5.74, 6) is -4.64. The Morgan fingerprint density at radius 3 is 1.57 bits per heavy atom. The van der Waals surface area contributed by atoms with E-state index in [0.29, 0.717) is 0 Å². The van der Waals surface area contributed by atoms with Crippen molar-refractivity contribution in [1.82, 2.24) is 4.90 Å². The van der Waals surface area contributed by atoms with E-state index in [1.165, 1.54) is 14.2 Å². The molecule has 3 aliphatic rings. The number of hydrogen-bond acceptors (Lipinski definition) is 4. The number of rotatable bonds is 3. The predicted molar refractivity (Wildman–Crippen MR) is 86.6 cm³/mol. The molecule has 4 atom stereocenters. The first-order valence-electron chi connectivity index (χ1n) is 6.99. The van der Waals surface area contributed by atoms with E-state index in [4.69, 9.17) is 55.9 Å². The van der Waals surface area contributed by atoms with Crippen LogP contribution in [-0.2, 0) is 19.1 Å². The molecule has 2 bridgehead atoms. The molecule has 0 aromatic rings. The topological polar surface area (TPSA) is 55.8 Å². The number of ether oxygens (including phenoxy) is 2. The van der Waals surface area contributed by atoms with Crippen LogP contribution >= 0.6 is 46.4 Å². The summed E-state index contributed by atoms with van der Waals surface area (Å²) in [4.78, 5) is 23.6. The summed E-state index contributed by atoms with van der Waals surface area (Å²) in [6.07, 6.45) is 0. The van der Waals surface area contributed by atoms with Crippen molar-refractivity contribution in [2.45, 2.75) is 35.4 Å². The fraction of sp³-hybridized carbons (Fsp3) is 0.714. The van der Waals surface area contributed by atoms with Gasteiger partial charge in [0, 0.05) is 20.3 Å². The number of halogens is 4. The minimum absolute atomic E-state index is 0.0208. The second-order valence-corrected chi connectivity index (χ2v) is 8.12. The van der Waals surface area contributed by atoms with Crippen LogP contribution in [0, 0.1) is 11.8 Å². The SMILES string of the molecule is COC1(OC)[C@@]2(Cl)C(Cl)=C(Cl)[C@@]1(Cl)[C@H]1C(=O)N(C(C)C)C(=O)[C@@H]12. The Hall–Kier alpha value is -0.0400. The summed E-state index contributed by atoms with van der Waals surface area (Å²) in [7, 11) is 2.65. The van der Waals surface area contributed by atoms with Crippen molar-refractivity contribution in [2.75, 3.05) is 14.2 Å². The molecule has 3 rings (SSSR count). The smallest absolute Gasteiger partial charge is 0.235 e. The molecule has 128 valence electrons. The lowest BCUT2D eigenvalue weighted by Gasteiger charge is -2.42. The molecule has 0 aromatic heterocycles. The van der Waals surface area contributed by atoms with Crippen LogP contribution < -0.4 is 0 Å². The molecule has 0 aromatic carbocycles. The van der Waals surface area contributed by atoms with Crippen molar-refractivity contribution in [3.63, 3.8) is 0 Å². The molecule has 1 heterocycles. The van der Waals surface area contributed by atoms with Gasteiger partial charge in [0.25, 0.3) is 0 Å². The molecule has 23 heavy (non-hydrogen) atoms. The summed E-state index contributed by atoms with van der Waals surface area (Å²) in [5.41, 5.74) is 0.